The Labute approximate surface area is 112 Å². The fourth-order valence-electron chi connectivity index (χ4n) is 2.34. The molecule has 3 N–H and O–H groups in total. The van der Waals surface area contributed by atoms with Crippen molar-refractivity contribution in [2.24, 2.45) is 15.7 Å². The standard InChI is InChI=1S/C15H17N3O/c1-9-15(17-7-6-14(16)18-9)12-5-4-11(8-13(12)19)10-2-3-10/h4-6,8,10,19H,2-3,7,16H2,1H3. The minimum atomic E-state index is 0.276. The van der Waals surface area contributed by atoms with Crippen LogP contribution >= 0.6 is 0 Å². The maximum atomic E-state index is 10.2. The second-order valence-corrected chi connectivity index (χ2v) is 5.07. The van der Waals surface area contributed by atoms with Crippen molar-refractivity contribution in [2.45, 2.75) is 25.7 Å². The molecule has 1 aliphatic heterocycles. The van der Waals surface area contributed by atoms with E-state index < -0.39 is 0 Å². The molecule has 0 atom stereocenters. The predicted octanol–water partition coefficient (Wildman–Crippen LogP) is 2.33. The summed E-state index contributed by atoms with van der Waals surface area (Å²) in [6.07, 6.45) is 4.22. The molecule has 4 heteroatoms. The van der Waals surface area contributed by atoms with Crippen LogP contribution in [0.3, 0.4) is 0 Å². The number of nitrogens with two attached hydrogens (primary N) is 1. The third-order valence-electron chi connectivity index (χ3n) is 3.51. The maximum Gasteiger partial charge on any atom is 0.125 e. The molecule has 1 heterocycles. The van der Waals surface area contributed by atoms with Gasteiger partial charge in [-0.25, -0.2) is 4.99 Å². The van der Waals surface area contributed by atoms with Gasteiger partial charge in [-0.05, 0) is 49.5 Å². The van der Waals surface area contributed by atoms with Crippen LogP contribution in [0, 0.1) is 0 Å². The van der Waals surface area contributed by atoms with Crippen LogP contribution in [0.4, 0.5) is 0 Å². The molecule has 1 fully saturated rings. The second kappa shape index (κ2) is 4.53. The van der Waals surface area contributed by atoms with E-state index in [4.69, 9.17) is 5.73 Å². The molecule has 0 unspecified atom stereocenters. The van der Waals surface area contributed by atoms with Crippen LogP contribution in [0.15, 0.2) is 40.1 Å². The number of nitrogens with zero attached hydrogens (tertiary/aromatic N) is 2. The van der Waals surface area contributed by atoms with Gasteiger partial charge in [-0.15, -0.1) is 0 Å². The van der Waals surface area contributed by atoms with E-state index >= 15 is 0 Å². The van der Waals surface area contributed by atoms with Crippen molar-refractivity contribution in [3.63, 3.8) is 0 Å². The predicted molar refractivity (Wildman–Crippen MR) is 76.9 cm³/mol. The summed E-state index contributed by atoms with van der Waals surface area (Å²) in [6, 6.07) is 5.86. The Morgan fingerprint density at radius 3 is 2.79 bits per heavy atom. The monoisotopic (exact) mass is 255 g/mol. The quantitative estimate of drug-likeness (QED) is 0.851. The fraction of sp³-hybridized carbons (Fsp3) is 0.333. The molecule has 2 aliphatic rings. The van der Waals surface area contributed by atoms with Crippen molar-refractivity contribution < 1.29 is 5.11 Å². The highest BCUT2D eigenvalue weighted by Gasteiger charge is 2.25. The molecular formula is C15H17N3O. The number of benzene rings is 1. The number of aliphatic imine (C=N–C) groups is 2. The summed E-state index contributed by atoms with van der Waals surface area (Å²) in [5.74, 6) is 1.38. The zero-order chi connectivity index (χ0) is 13.4. The summed E-state index contributed by atoms with van der Waals surface area (Å²) < 4.78 is 0. The summed E-state index contributed by atoms with van der Waals surface area (Å²) in [6.45, 7) is 2.35. The van der Waals surface area contributed by atoms with E-state index in [2.05, 4.69) is 16.1 Å². The highest BCUT2D eigenvalue weighted by molar-refractivity contribution is 6.48. The van der Waals surface area contributed by atoms with Crippen molar-refractivity contribution in [1.82, 2.24) is 0 Å². The van der Waals surface area contributed by atoms with E-state index in [1.165, 1.54) is 18.4 Å². The number of hydrogen-bond donors (Lipinski definition) is 2. The minimum absolute atomic E-state index is 0.276. The average molecular weight is 255 g/mol. The zero-order valence-corrected chi connectivity index (χ0v) is 10.9. The first kappa shape index (κ1) is 12.0. The number of hydrogen-bond acceptors (Lipinski definition) is 4. The van der Waals surface area contributed by atoms with Gasteiger partial charge in [0.15, 0.2) is 0 Å². The second-order valence-electron chi connectivity index (χ2n) is 5.07. The molecule has 3 rings (SSSR count). The van der Waals surface area contributed by atoms with E-state index in [9.17, 15) is 5.11 Å². The van der Waals surface area contributed by atoms with Gasteiger partial charge >= 0.3 is 0 Å². The summed E-state index contributed by atoms with van der Waals surface area (Å²) >= 11 is 0. The van der Waals surface area contributed by atoms with Crippen molar-refractivity contribution in [3.8, 4) is 5.75 Å². The van der Waals surface area contributed by atoms with Gasteiger partial charge in [0, 0.05) is 5.56 Å². The molecule has 98 valence electrons. The molecule has 19 heavy (non-hydrogen) atoms. The molecule has 1 aromatic rings. The number of phenols is 1. The SMILES string of the molecule is CC1=NC(N)=CCN=C1c1ccc(C2CC2)cc1O. The highest BCUT2D eigenvalue weighted by atomic mass is 16.3. The summed E-state index contributed by atoms with van der Waals surface area (Å²) in [5, 5.41) is 10.2. The van der Waals surface area contributed by atoms with E-state index in [1.54, 1.807) is 6.08 Å². The van der Waals surface area contributed by atoms with E-state index in [-0.39, 0.29) is 5.75 Å². The van der Waals surface area contributed by atoms with Crippen molar-refractivity contribution in [2.75, 3.05) is 6.54 Å². The van der Waals surface area contributed by atoms with E-state index in [0.29, 0.717) is 18.3 Å². The van der Waals surface area contributed by atoms with Crippen molar-refractivity contribution >= 4 is 11.4 Å². The zero-order valence-electron chi connectivity index (χ0n) is 10.9. The highest BCUT2D eigenvalue weighted by Crippen LogP contribution is 2.41. The van der Waals surface area contributed by atoms with E-state index in [1.807, 2.05) is 19.1 Å². The average Bonchev–Trinajstić information content (AvgIpc) is 3.18. The first-order valence-electron chi connectivity index (χ1n) is 6.54. The lowest BCUT2D eigenvalue weighted by molar-refractivity contribution is 0.473. The largest absolute Gasteiger partial charge is 0.507 e. The lowest BCUT2D eigenvalue weighted by Crippen LogP contribution is -2.13. The smallest absolute Gasteiger partial charge is 0.125 e. The van der Waals surface area contributed by atoms with Crippen LogP contribution in [0.25, 0.3) is 0 Å². The Hall–Kier alpha value is -2.10. The molecule has 0 radical (unpaired) electrons. The third-order valence-corrected chi connectivity index (χ3v) is 3.51. The van der Waals surface area contributed by atoms with Crippen LogP contribution in [0.1, 0.15) is 36.8 Å². The van der Waals surface area contributed by atoms with Crippen LogP contribution in [-0.4, -0.2) is 23.1 Å². The Morgan fingerprint density at radius 1 is 1.32 bits per heavy atom. The van der Waals surface area contributed by atoms with Crippen molar-refractivity contribution in [1.29, 1.82) is 0 Å². The molecule has 0 spiro atoms. The van der Waals surface area contributed by atoms with Gasteiger partial charge in [0.05, 0.1) is 18.0 Å². The van der Waals surface area contributed by atoms with Gasteiger partial charge < -0.3 is 10.8 Å². The molecule has 1 saturated carbocycles. The van der Waals surface area contributed by atoms with Gasteiger partial charge in [0.25, 0.3) is 0 Å². The molecule has 0 aromatic heterocycles. The van der Waals surface area contributed by atoms with Gasteiger partial charge in [-0.2, -0.15) is 0 Å². The number of aromatic hydroxyl groups is 1. The van der Waals surface area contributed by atoms with Gasteiger partial charge in [-0.1, -0.05) is 6.07 Å². The normalized spacial score (nSPS) is 19.3. The maximum absolute atomic E-state index is 10.2. The van der Waals surface area contributed by atoms with Crippen LogP contribution in [0.5, 0.6) is 5.75 Å². The number of phenolic OH excluding ortho intramolecular Hbond substituents is 1. The Kier molecular flexibility index (Phi) is 2.85. The molecule has 1 aromatic carbocycles. The first-order chi connectivity index (χ1) is 9.15. The van der Waals surface area contributed by atoms with Crippen LogP contribution in [0.2, 0.25) is 0 Å². The van der Waals surface area contributed by atoms with Gasteiger partial charge in [0.1, 0.15) is 11.6 Å². The molecule has 4 nitrogen and oxygen atoms in total. The van der Waals surface area contributed by atoms with Crippen molar-refractivity contribution in [3.05, 3.63) is 41.2 Å². The summed E-state index contributed by atoms with van der Waals surface area (Å²) in [7, 11) is 0. The molecule has 0 amide bonds. The third kappa shape index (κ3) is 2.38. The lowest BCUT2D eigenvalue weighted by Gasteiger charge is -2.09. The molecule has 0 saturated heterocycles. The fourth-order valence-corrected chi connectivity index (χ4v) is 2.34. The van der Waals surface area contributed by atoms with E-state index in [0.717, 1.165) is 17.0 Å². The summed E-state index contributed by atoms with van der Waals surface area (Å²) in [5.41, 5.74) is 9.11. The molecule has 1 aliphatic carbocycles. The first-order valence-corrected chi connectivity index (χ1v) is 6.54. The lowest BCUT2D eigenvalue weighted by atomic mass is 10.0. The topological polar surface area (TPSA) is 71.0 Å². The van der Waals surface area contributed by atoms with Gasteiger partial charge in [0.2, 0.25) is 0 Å². The summed E-state index contributed by atoms with van der Waals surface area (Å²) in [4.78, 5) is 8.70. The Balaban J connectivity index is 1.98. The minimum Gasteiger partial charge on any atom is -0.507 e. The Bertz CT molecular complexity index is 610. The van der Waals surface area contributed by atoms with Crippen LogP contribution < -0.4 is 5.73 Å². The molecule has 0 bridgehead atoms. The Morgan fingerprint density at radius 2 is 2.11 bits per heavy atom. The van der Waals surface area contributed by atoms with Gasteiger partial charge in [-0.3, -0.25) is 4.99 Å². The van der Waals surface area contributed by atoms with Crippen LogP contribution in [-0.2, 0) is 0 Å². The molecular weight excluding hydrogens is 238 g/mol. The number of rotatable bonds is 2.